The summed E-state index contributed by atoms with van der Waals surface area (Å²) in [6.07, 6.45) is 6.63. The van der Waals surface area contributed by atoms with Gasteiger partial charge in [-0.25, -0.2) is 0 Å². The van der Waals surface area contributed by atoms with Crippen molar-refractivity contribution in [3.8, 4) is 0 Å². The van der Waals surface area contributed by atoms with Crippen molar-refractivity contribution in [1.82, 2.24) is 0 Å². The number of hydrogen-bond acceptors (Lipinski definition) is 2. The summed E-state index contributed by atoms with van der Waals surface area (Å²) >= 11 is 0. The number of aliphatic hydroxyl groups excluding tert-OH is 1. The predicted octanol–water partition coefficient (Wildman–Crippen LogP) is 2.95. The molecule has 0 aliphatic heterocycles. The summed E-state index contributed by atoms with van der Waals surface area (Å²) in [4.78, 5) is 11.0. The molecule has 0 saturated heterocycles. The Hall–Kier alpha value is -0.630. The molecule has 0 aromatic rings. The fourth-order valence-corrected chi connectivity index (χ4v) is 3.81. The van der Waals surface area contributed by atoms with Crippen LogP contribution in [0.3, 0.4) is 0 Å². The SMILES string of the molecule is CC(C)[C@H]1CC[C@@]2(C)[C@@H](O)CCC(C=O)=C[C@@H]12. The average Bonchev–Trinajstić information content (AvgIpc) is 2.57. The first-order valence-electron chi connectivity index (χ1n) is 6.83. The van der Waals surface area contributed by atoms with Crippen LogP contribution in [0.1, 0.15) is 46.5 Å². The molecule has 0 amide bonds. The van der Waals surface area contributed by atoms with Gasteiger partial charge in [0.15, 0.2) is 0 Å². The lowest BCUT2D eigenvalue weighted by atomic mass is 9.71. The molecule has 0 spiro atoms. The van der Waals surface area contributed by atoms with Crippen LogP contribution < -0.4 is 0 Å². The van der Waals surface area contributed by atoms with Crippen LogP contribution in [-0.2, 0) is 4.79 Å². The highest BCUT2D eigenvalue weighted by molar-refractivity contribution is 5.73. The lowest BCUT2D eigenvalue weighted by Crippen LogP contribution is -2.36. The summed E-state index contributed by atoms with van der Waals surface area (Å²) in [5.41, 5.74) is 0.880. The topological polar surface area (TPSA) is 37.3 Å². The van der Waals surface area contributed by atoms with E-state index in [0.717, 1.165) is 31.1 Å². The quantitative estimate of drug-likeness (QED) is 0.748. The van der Waals surface area contributed by atoms with Crippen molar-refractivity contribution in [2.24, 2.45) is 23.2 Å². The number of aldehydes is 1. The number of fused-ring (bicyclic) bond motifs is 1. The summed E-state index contributed by atoms with van der Waals surface area (Å²) < 4.78 is 0. The molecule has 17 heavy (non-hydrogen) atoms. The first-order chi connectivity index (χ1) is 7.99. The summed E-state index contributed by atoms with van der Waals surface area (Å²) in [6, 6.07) is 0. The molecule has 2 aliphatic carbocycles. The van der Waals surface area contributed by atoms with Gasteiger partial charge in [-0.1, -0.05) is 26.8 Å². The lowest BCUT2D eigenvalue weighted by Gasteiger charge is -2.36. The highest BCUT2D eigenvalue weighted by Crippen LogP contribution is 2.54. The monoisotopic (exact) mass is 236 g/mol. The van der Waals surface area contributed by atoms with Crippen molar-refractivity contribution in [2.75, 3.05) is 0 Å². The first-order valence-corrected chi connectivity index (χ1v) is 6.83. The summed E-state index contributed by atoms with van der Waals surface area (Å²) in [6.45, 7) is 6.71. The van der Waals surface area contributed by atoms with Gasteiger partial charge in [0, 0.05) is 5.41 Å². The Kier molecular flexibility index (Phi) is 3.44. The molecular formula is C15H24O2. The number of carbonyl (C=O) groups excluding carboxylic acids is 1. The standard InChI is InChI=1S/C15H24O2/c1-10(2)12-6-7-15(3)13(12)8-11(9-16)4-5-14(15)17/h8-10,12-14,17H,4-7H2,1-3H3/t12-,13+,14+,15-/m1/s1. The van der Waals surface area contributed by atoms with Crippen LogP contribution in [0.25, 0.3) is 0 Å². The van der Waals surface area contributed by atoms with E-state index < -0.39 is 0 Å². The van der Waals surface area contributed by atoms with Crippen molar-refractivity contribution in [2.45, 2.75) is 52.6 Å². The smallest absolute Gasteiger partial charge is 0.145 e. The Morgan fingerprint density at radius 1 is 1.47 bits per heavy atom. The van der Waals surface area contributed by atoms with E-state index in [9.17, 15) is 9.90 Å². The molecule has 0 radical (unpaired) electrons. The Labute approximate surface area is 104 Å². The third-order valence-corrected chi connectivity index (χ3v) is 5.11. The Morgan fingerprint density at radius 2 is 2.18 bits per heavy atom. The van der Waals surface area contributed by atoms with Crippen LogP contribution in [0.5, 0.6) is 0 Å². The van der Waals surface area contributed by atoms with Crippen LogP contribution in [0.15, 0.2) is 11.6 Å². The van der Waals surface area contributed by atoms with Crippen molar-refractivity contribution in [1.29, 1.82) is 0 Å². The Morgan fingerprint density at radius 3 is 2.76 bits per heavy atom. The number of carbonyl (C=O) groups is 1. The molecule has 0 aromatic heterocycles. The van der Waals surface area contributed by atoms with Crippen LogP contribution >= 0.6 is 0 Å². The van der Waals surface area contributed by atoms with E-state index in [-0.39, 0.29) is 11.5 Å². The zero-order chi connectivity index (χ0) is 12.6. The van der Waals surface area contributed by atoms with Crippen molar-refractivity contribution < 1.29 is 9.90 Å². The van der Waals surface area contributed by atoms with Gasteiger partial charge in [0.25, 0.3) is 0 Å². The molecule has 1 N–H and O–H groups in total. The fraction of sp³-hybridized carbons (Fsp3) is 0.800. The maximum atomic E-state index is 11.0. The van der Waals surface area contributed by atoms with E-state index in [4.69, 9.17) is 0 Å². The Bertz CT molecular complexity index is 332. The minimum Gasteiger partial charge on any atom is -0.393 e. The Balaban J connectivity index is 2.36. The minimum atomic E-state index is -0.259. The normalized spacial score (nSPS) is 41.9. The number of aliphatic hydroxyl groups is 1. The van der Waals surface area contributed by atoms with Crippen molar-refractivity contribution in [3.05, 3.63) is 11.6 Å². The molecule has 0 heterocycles. The maximum absolute atomic E-state index is 11.0. The van der Waals surface area contributed by atoms with Crippen LogP contribution in [0.4, 0.5) is 0 Å². The largest absolute Gasteiger partial charge is 0.393 e. The molecule has 2 heteroatoms. The van der Waals surface area contributed by atoms with Crippen molar-refractivity contribution in [3.63, 3.8) is 0 Å². The van der Waals surface area contributed by atoms with Gasteiger partial charge in [-0.15, -0.1) is 0 Å². The molecule has 96 valence electrons. The number of allylic oxidation sites excluding steroid dienone is 2. The summed E-state index contributed by atoms with van der Waals surface area (Å²) in [5, 5.41) is 10.4. The maximum Gasteiger partial charge on any atom is 0.145 e. The second kappa shape index (κ2) is 4.56. The fourth-order valence-electron chi connectivity index (χ4n) is 3.81. The van der Waals surface area contributed by atoms with E-state index in [2.05, 4.69) is 26.8 Å². The van der Waals surface area contributed by atoms with E-state index in [1.54, 1.807) is 0 Å². The minimum absolute atomic E-state index is 0.0142. The molecule has 0 unspecified atom stereocenters. The second-order valence-corrected chi connectivity index (χ2v) is 6.39. The van der Waals surface area contributed by atoms with Crippen LogP contribution in [0, 0.1) is 23.2 Å². The molecule has 0 aromatic carbocycles. The molecular weight excluding hydrogens is 212 g/mol. The molecule has 2 aliphatic rings. The molecule has 0 bridgehead atoms. The average molecular weight is 236 g/mol. The third kappa shape index (κ3) is 2.08. The van der Waals surface area contributed by atoms with Gasteiger partial charge in [0.2, 0.25) is 0 Å². The number of rotatable bonds is 2. The molecule has 1 fully saturated rings. The second-order valence-electron chi connectivity index (χ2n) is 6.39. The van der Waals surface area contributed by atoms with Gasteiger partial charge in [-0.3, -0.25) is 4.79 Å². The van der Waals surface area contributed by atoms with Gasteiger partial charge < -0.3 is 5.11 Å². The van der Waals surface area contributed by atoms with Gasteiger partial charge in [0.05, 0.1) is 6.10 Å². The van der Waals surface area contributed by atoms with Crippen LogP contribution in [0.2, 0.25) is 0 Å². The van der Waals surface area contributed by atoms with E-state index in [1.807, 2.05) is 0 Å². The zero-order valence-electron chi connectivity index (χ0n) is 11.1. The molecule has 2 rings (SSSR count). The lowest BCUT2D eigenvalue weighted by molar-refractivity contribution is -0.105. The molecule has 4 atom stereocenters. The molecule has 2 nitrogen and oxygen atoms in total. The zero-order valence-corrected chi connectivity index (χ0v) is 11.1. The molecule has 1 saturated carbocycles. The van der Waals surface area contributed by atoms with Crippen molar-refractivity contribution >= 4 is 6.29 Å². The summed E-state index contributed by atoms with van der Waals surface area (Å²) in [5.74, 6) is 1.61. The highest BCUT2D eigenvalue weighted by Gasteiger charge is 2.49. The third-order valence-electron chi connectivity index (χ3n) is 5.11. The van der Waals surface area contributed by atoms with E-state index in [1.165, 1.54) is 6.42 Å². The first kappa shape index (κ1) is 12.8. The van der Waals surface area contributed by atoms with Gasteiger partial charge in [0.1, 0.15) is 6.29 Å². The van der Waals surface area contributed by atoms with Crippen LogP contribution in [-0.4, -0.2) is 17.5 Å². The number of hydrogen-bond donors (Lipinski definition) is 1. The van der Waals surface area contributed by atoms with Gasteiger partial charge in [-0.05, 0) is 49.0 Å². The van der Waals surface area contributed by atoms with Gasteiger partial charge in [-0.2, -0.15) is 0 Å². The summed E-state index contributed by atoms with van der Waals surface area (Å²) in [7, 11) is 0. The van der Waals surface area contributed by atoms with E-state index in [0.29, 0.717) is 17.8 Å². The van der Waals surface area contributed by atoms with Gasteiger partial charge >= 0.3 is 0 Å². The predicted molar refractivity (Wildman–Crippen MR) is 68.5 cm³/mol. The highest BCUT2D eigenvalue weighted by atomic mass is 16.3. The van der Waals surface area contributed by atoms with E-state index >= 15 is 0 Å².